The van der Waals surface area contributed by atoms with Gasteiger partial charge in [-0.1, -0.05) is 47.0 Å². The Labute approximate surface area is 108 Å². The van der Waals surface area contributed by atoms with Crippen LogP contribution in [0.2, 0.25) is 0 Å². The van der Waals surface area contributed by atoms with Gasteiger partial charge in [-0.2, -0.15) is 0 Å². The van der Waals surface area contributed by atoms with Crippen molar-refractivity contribution in [1.82, 2.24) is 5.32 Å². The first kappa shape index (κ1) is 15.0. The Bertz CT molecular complexity index is 205. The lowest BCUT2D eigenvalue weighted by Gasteiger charge is -2.40. The number of unbranched alkanes of at least 4 members (excludes halogenated alkanes) is 1. The molecule has 0 amide bonds. The predicted octanol–water partition coefficient (Wildman–Crippen LogP) is 3.75. The Balaban J connectivity index is 2.49. The minimum Gasteiger partial charge on any atom is -0.374 e. The molecule has 2 nitrogen and oxygen atoms in total. The second kappa shape index (κ2) is 7.38. The van der Waals surface area contributed by atoms with Crippen molar-refractivity contribution < 1.29 is 4.74 Å². The lowest BCUT2D eigenvalue weighted by molar-refractivity contribution is -0.0810. The van der Waals surface area contributed by atoms with Crippen LogP contribution in [0.4, 0.5) is 0 Å². The zero-order valence-electron chi connectivity index (χ0n) is 12.2. The maximum Gasteiger partial charge on any atom is 0.0808 e. The van der Waals surface area contributed by atoms with E-state index in [2.05, 4.69) is 33.0 Å². The minimum absolute atomic E-state index is 0.122. The van der Waals surface area contributed by atoms with Crippen molar-refractivity contribution in [3.63, 3.8) is 0 Å². The molecule has 0 heterocycles. The molecule has 0 radical (unpaired) electrons. The number of nitrogens with one attached hydrogen (secondary N) is 1. The summed E-state index contributed by atoms with van der Waals surface area (Å²) in [7, 11) is 0. The van der Waals surface area contributed by atoms with Crippen LogP contribution < -0.4 is 5.32 Å². The zero-order valence-corrected chi connectivity index (χ0v) is 12.2. The van der Waals surface area contributed by atoms with Crippen LogP contribution in [0.1, 0.15) is 66.2 Å². The summed E-state index contributed by atoms with van der Waals surface area (Å²) in [6.07, 6.45) is 7.59. The van der Waals surface area contributed by atoms with Crippen LogP contribution in [-0.4, -0.2) is 24.8 Å². The highest BCUT2D eigenvalue weighted by molar-refractivity contribution is 4.89. The van der Waals surface area contributed by atoms with Gasteiger partial charge in [0, 0.05) is 19.2 Å². The van der Waals surface area contributed by atoms with Crippen LogP contribution in [0.25, 0.3) is 0 Å². The molecule has 2 heteroatoms. The SMILES string of the molecule is CCCCOC1(CNC(C)C)CCCC(C)C1. The molecule has 1 aliphatic rings. The van der Waals surface area contributed by atoms with Crippen molar-refractivity contribution in [3.05, 3.63) is 0 Å². The van der Waals surface area contributed by atoms with E-state index >= 15 is 0 Å². The molecule has 1 aliphatic carbocycles. The van der Waals surface area contributed by atoms with Crippen molar-refractivity contribution >= 4 is 0 Å². The van der Waals surface area contributed by atoms with E-state index in [0.717, 1.165) is 19.1 Å². The molecule has 2 atom stereocenters. The van der Waals surface area contributed by atoms with E-state index in [1.807, 2.05) is 0 Å². The van der Waals surface area contributed by atoms with E-state index in [9.17, 15) is 0 Å². The zero-order chi connectivity index (χ0) is 12.7. The third-order valence-corrected chi connectivity index (χ3v) is 3.79. The Kier molecular flexibility index (Phi) is 6.50. The van der Waals surface area contributed by atoms with Gasteiger partial charge in [0.05, 0.1) is 5.60 Å². The summed E-state index contributed by atoms with van der Waals surface area (Å²) in [5, 5.41) is 3.58. The summed E-state index contributed by atoms with van der Waals surface area (Å²) in [5.74, 6) is 0.819. The Hall–Kier alpha value is -0.0800. The summed E-state index contributed by atoms with van der Waals surface area (Å²) in [4.78, 5) is 0. The molecule has 2 unspecified atom stereocenters. The molecule has 0 spiro atoms. The summed E-state index contributed by atoms with van der Waals surface area (Å²) >= 11 is 0. The number of ether oxygens (including phenoxy) is 1. The van der Waals surface area contributed by atoms with Crippen LogP contribution in [0.3, 0.4) is 0 Å². The molecule has 1 fully saturated rings. The number of hydrogen-bond acceptors (Lipinski definition) is 2. The third kappa shape index (κ3) is 5.39. The average molecular weight is 241 g/mol. The van der Waals surface area contributed by atoms with Gasteiger partial charge < -0.3 is 10.1 Å². The maximum absolute atomic E-state index is 6.27. The van der Waals surface area contributed by atoms with Crippen molar-refractivity contribution in [2.45, 2.75) is 77.9 Å². The first-order valence-corrected chi connectivity index (χ1v) is 7.45. The number of rotatable bonds is 7. The van der Waals surface area contributed by atoms with Gasteiger partial charge in [0.15, 0.2) is 0 Å². The fraction of sp³-hybridized carbons (Fsp3) is 1.00. The first-order valence-electron chi connectivity index (χ1n) is 7.45. The van der Waals surface area contributed by atoms with Crippen LogP contribution in [-0.2, 0) is 4.74 Å². The molecule has 0 aromatic carbocycles. The maximum atomic E-state index is 6.27. The van der Waals surface area contributed by atoms with Gasteiger partial charge in [-0.25, -0.2) is 0 Å². The highest BCUT2D eigenvalue weighted by Gasteiger charge is 2.35. The van der Waals surface area contributed by atoms with Crippen molar-refractivity contribution in [2.24, 2.45) is 5.92 Å². The Morgan fingerprint density at radius 2 is 2.18 bits per heavy atom. The normalized spacial score (nSPS) is 29.8. The molecule has 1 saturated carbocycles. The lowest BCUT2D eigenvalue weighted by Crippen LogP contribution is -2.48. The second-order valence-corrected chi connectivity index (χ2v) is 6.12. The van der Waals surface area contributed by atoms with Crippen LogP contribution in [0.5, 0.6) is 0 Å². The second-order valence-electron chi connectivity index (χ2n) is 6.12. The first-order chi connectivity index (χ1) is 8.08. The average Bonchev–Trinajstić information content (AvgIpc) is 2.27. The van der Waals surface area contributed by atoms with Gasteiger partial charge in [-0.3, -0.25) is 0 Å². The summed E-state index contributed by atoms with van der Waals surface area (Å²) < 4.78 is 6.27. The third-order valence-electron chi connectivity index (χ3n) is 3.79. The molecule has 102 valence electrons. The summed E-state index contributed by atoms with van der Waals surface area (Å²) in [6, 6.07) is 0.555. The molecule has 1 N–H and O–H groups in total. The van der Waals surface area contributed by atoms with E-state index in [1.165, 1.54) is 38.5 Å². The summed E-state index contributed by atoms with van der Waals surface area (Å²) in [6.45, 7) is 11.0. The van der Waals surface area contributed by atoms with E-state index < -0.39 is 0 Å². The molecule has 1 rings (SSSR count). The predicted molar refractivity (Wildman–Crippen MR) is 74.4 cm³/mol. The van der Waals surface area contributed by atoms with Crippen molar-refractivity contribution in [2.75, 3.05) is 13.2 Å². The highest BCUT2D eigenvalue weighted by Crippen LogP contribution is 2.35. The van der Waals surface area contributed by atoms with Gasteiger partial charge in [-0.15, -0.1) is 0 Å². The van der Waals surface area contributed by atoms with Crippen molar-refractivity contribution in [3.8, 4) is 0 Å². The summed E-state index contributed by atoms with van der Waals surface area (Å²) in [5.41, 5.74) is 0.122. The largest absolute Gasteiger partial charge is 0.374 e. The molecule has 0 aliphatic heterocycles. The molecule has 17 heavy (non-hydrogen) atoms. The van der Waals surface area contributed by atoms with E-state index in [4.69, 9.17) is 4.74 Å². The Morgan fingerprint density at radius 3 is 2.76 bits per heavy atom. The van der Waals surface area contributed by atoms with Gasteiger partial charge in [0.25, 0.3) is 0 Å². The quantitative estimate of drug-likeness (QED) is 0.685. The standard InChI is InChI=1S/C15H31NO/c1-5-6-10-17-15(12-16-13(2)3)9-7-8-14(4)11-15/h13-14,16H,5-12H2,1-4H3. The monoisotopic (exact) mass is 241 g/mol. The minimum atomic E-state index is 0.122. The van der Waals surface area contributed by atoms with Gasteiger partial charge >= 0.3 is 0 Å². The van der Waals surface area contributed by atoms with Crippen molar-refractivity contribution in [1.29, 1.82) is 0 Å². The van der Waals surface area contributed by atoms with E-state index in [-0.39, 0.29) is 5.60 Å². The van der Waals surface area contributed by atoms with Gasteiger partial charge in [-0.05, 0) is 25.2 Å². The van der Waals surface area contributed by atoms with E-state index in [0.29, 0.717) is 6.04 Å². The van der Waals surface area contributed by atoms with Crippen LogP contribution in [0, 0.1) is 5.92 Å². The molecule has 0 aromatic rings. The fourth-order valence-electron chi connectivity index (χ4n) is 2.78. The molecule has 0 saturated heterocycles. The smallest absolute Gasteiger partial charge is 0.0808 e. The van der Waals surface area contributed by atoms with Crippen LogP contribution in [0.15, 0.2) is 0 Å². The number of hydrogen-bond donors (Lipinski definition) is 1. The fourth-order valence-corrected chi connectivity index (χ4v) is 2.78. The Morgan fingerprint density at radius 1 is 1.41 bits per heavy atom. The lowest BCUT2D eigenvalue weighted by atomic mass is 9.78. The van der Waals surface area contributed by atoms with Gasteiger partial charge in [0.1, 0.15) is 0 Å². The van der Waals surface area contributed by atoms with Gasteiger partial charge in [0.2, 0.25) is 0 Å². The molecule has 0 bridgehead atoms. The molecule has 0 aromatic heterocycles. The highest BCUT2D eigenvalue weighted by atomic mass is 16.5. The topological polar surface area (TPSA) is 21.3 Å². The van der Waals surface area contributed by atoms with Crippen LogP contribution >= 0.6 is 0 Å². The molecular formula is C15H31NO. The molecular weight excluding hydrogens is 210 g/mol. The van der Waals surface area contributed by atoms with E-state index in [1.54, 1.807) is 0 Å².